The Hall–Kier alpha value is -0.620. The molecule has 4 nitrogen and oxygen atoms in total. The fraction of sp³-hybridized carbons (Fsp3) is 0.692. The lowest BCUT2D eigenvalue weighted by molar-refractivity contribution is -0.251. The third-order valence-corrected chi connectivity index (χ3v) is 6.67. The third kappa shape index (κ3) is 1.91. The van der Waals surface area contributed by atoms with Gasteiger partial charge in [0, 0.05) is 23.3 Å². The molecule has 0 spiro atoms. The van der Waals surface area contributed by atoms with Crippen molar-refractivity contribution in [3.05, 3.63) is 9.81 Å². The van der Waals surface area contributed by atoms with E-state index in [0.29, 0.717) is 0 Å². The summed E-state index contributed by atoms with van der Waals surface area (Å²) in [5, 5.41) is 0. The first-order valence-electron chi connectivity index (χ1n) is 6.67. The summed E-state index contributed by atoms with van der Waals surface area (Å²) in [4.78, 5) is 24.5. The minimum absolute atomic E-state index is 0.129. The van der Waals surface area contributed by atoms with E-state index in [9.17, 15) is 9.59 Å². The van der Waals surface area contributed by atoms with Crippen LogP contribution in [-0.4, -0.2) is 29.2 Å². The van der Waals surface area contributed by atoms with Crippen LogP contribution in [0.15, 0.2) is 9.81 Å². The smallest absolute Gasteiger partial charge is 0.350 e. The average molecular weight is 298 g/mol. The largest absolute Gasteiger partial charge is 0.418 e. The molecule has 0 atom stereocenters. The maximum Gasteiger partial charge on any atom is 0.350 e. The lowest BCUT2D eigenvalue weighted by atomic mass is 10.0. The van der Waals surface area contributed by atoms with Crippen molar-refractivity contribution in [2.24, 2.45) is 11.8 Å². The maximum absolute atomic E-state index is 12.3. The number of cyclic esters (lactones) is 2. The topological polar surface area (TPSA) is 52.6 Å². The number of hydrogen-bond acceptors (Lipinski definition) is 6. The second-order valence-corrected chi connectivity index (χ2v) is 7.88. The van der Waals surface area contributed by atoms with Gasteiger partial charge in [-0.25, -0.2) is 9.59 Å². The quantitative estimate of drug-likeness (QED) is 0.443. The Morgan fingerprint density at radius 2 is 1.37 bits per heavy atom. The van der Waals surface area contributed by atoms with Crippen LogP contribution in [0.2, 0.25) is 0 Å². The van der Waals surface area contributed by atoms with Gasteiger partial charge in [0.2, 0.25) is 0 Å². The molecule has 19 heavy (non-hydrogen) atoms. The summed E-state index contributed by atoms with van der Waals surface area (Å²) in [5.41, 5.74) is 0.129. The van der Waals surface area contributed by atoms with Crippen molar-refractivity contribution in [1.29, 1.82) is 0 Å². The molecule has 2 saturated carbocycles. The first-order chi connectivity index (χ1) is 9.21. The van der Waals surface area contributed by atoms with Gasteiger partial charge in [0.25, 0.3) is 5.79 Å². The zero-order valence-electron chi connectivity index (χ0n) is 10.3. The van der Waals surface area contributed by atoms with Gasteiger partial charge >= 0.3 is 11.9 Å². The van der Waals surface area contributed by atoms with E-state index in [1.54, 1.807) is 23.5 Å². The van der Waals surface area contributed by atoms with Gasteiger partial charge < -0.3 is 9.47 Å². The van der Waals surface area contributed by atoms with Crippen LogP contribution >= 0.6 is 23.5 Å². The molecular weight excluding hydrogens is 284 g/mol. The molecule has 4 rings (SSSR count). The van der Waals surface area contributed by atoms with Gasteiger partial charge in [-0.2, -0.15) is 0 Å². The number of carbonyl (C=O) groups excluding carboxylic acids is 2. The Kier molecular flexibility index (Phi) is 2.68. The molecule has 0 bridgehead atoms. The van der Waals surface area contributed by atoms with E-state index in [0.717, 1.165) is 41.4 Å². The van der Waals surface area contributed by atoms with E-state index in [1.807, 2.05) is 0 Å². The van der Waals surface area contributed by atoms with Crippen LogP contribution in [0.4, 0.5) is 0 Å². The lowest BCUT2D eigenvalue weighted by Crippen LogP contribution is -2.50. The number of rotatable bonds is 2. The van der Waals surface area contributed by atoms with E-state index < -0.39 is 17.7 Å². The lowest BCUT2D eigenvalue weighted by Gasteiger charge is -2.37. The fourth-order valence-electron chi connectivity index (χ4n) is 2.76. The number of thioether (sulfide) groups is 2. The van der Waals surface area contributed by atoms with E-state index in [4.69, 9.17) is 9.47 Å². The predicted molar refractivity (Wildman–Crippen MR) is 72.3 cm³/mol. The molecule has 0 radical (unpaired) electrons. The number of hydrogen-bond donors (Lipinski definition) is 0. The van der Waals surface area contributed by atoms with Gasteiger partial charge in [0.15, 0.2) is 5.57 Å². The summed E-state index contributed by atoms with van der Waals surface area (Å²) in [6.07, 6.45) is 3.97. The van der Waals surface area contributed by atoms with Gasteiger partial charge in [-0.1, -0.05) is 0 Å². The van der Waals surface area contributed by atoms with Crippen LogP contribution in [0.3, 0.4) is 0 Å². The summed E-state index contributed by atoms with van der Waals surface area (Å²) in [6, 6.07) is 0. The first-order valence-corrected chi connectivity index (χ1v) is 8.64. The molecule has 0 N–H and O–H groups in total. The van der Waals surface area contributed by atoms with Crippen molar-refractivity contribution in [1.82, 2.24) is 0 Å². The molecule has 6 heteroatoms. The van der Waals surface area contributed by atoms with Crippen LogP contribution in [0, 0.1) is 11.8 Å². The van der Waals surface area contributed by atoms with E-state index in [-0.39, 0.29) is 17.4 Å². The molecule has 4 aliphatic rings. The van der Waals surface area contributed by atoms with Crippen molar-refractivity contribution in [2.75, 3.05) is 11.5 Å². The normalized spacial score (nSPS) is 30.3. The number of carbonyl (C=O) groups is 2. The molecule has 0 aromatic heterocycles. The van der Waals surface area contributed by atoms with Gasteiger partial charge in [-0.15, -0.1) is 23.5 Å². The molecular formula is C13H14O4S2. The second-order valence-electron chi connectivity index (χ2n) is 5.41. The Balaban J connectivity index is 1.67. The highest BCUT2D eigenvalue weighted by molar-refractivity contribution is 8.25. The molecule has 0 unspecified atom stereocenters. The van der Waals surface area contributed by atoms with E-state index in [2.05, 4.69) is 0 Å². The molecule has 2 aliphatic carbocycles. The minimum Gasteiger partial charge on any atom is -0.418 e. The van der Waals surface area contributed by atoms with Crippen molar-refractivity contribution in [3.8, 4) is 0 Å². The van der Waals surface area contributed by atoms with Crippen LogP contribution in [-0.2, 0) is 19.1 Å². The summed E-state index contributed by atoms with van der Waals surface area (Å²) >= 11 is 3.09. The van der Waals surface area contributed by atoms with Crippen molar-refractivity contribution in [2.45, 2.75) is 31.5 Å². The molecule has 2 heterocycles. The molecule has 4 fully saturated rings. The van der Waals surface area contributed by atoms with E-state index in [1.165, 1.54) is 0 Å². The van der Waals surface area contributed by atoms with Gasteiger partial charge in [-0.3, -0.25) is 0 Å². The SMILES string of the molecule is O=C1OC(C2CC2)(C2CC2)OC(=O)C1=C1SCCS1. The summed E-state index contributed by atoms with van der Waals surface area (Å²) in [6.45, 7) is 0. The van der Waals surface area contributed by atoms with Crippen molar-refractivity contribution in [3.63, 3.8) is 0 Å². The molecule has 0 aromatic rings. The predicted octanol–water partition coefficient (Wildman–Crippen LogP) is 2.29. The van der Waals surface area contributed by atoms with Gasteiger partial charge in [-0.05, 0) is 25.7 Å². The molecule has 2 saturated heterocycles. The van der Waals surface area contributed by atoms with E-state index >= 15 is 0 Å². The molecule has 2 aliphatic heterocycles. The monoisotopic (exact) mass is 298 g/mol. The number of ether oxygens (including phenoxy) is 2. The second kappa shape index (κ2) is 4.19. The van der Waals surface area contributed by atoms with Gasteiger partial charge in [0.05, 0.1) is 4.24 Å². The highest BCUT2D eigenvalue weighted by Gasteiger charge is 2.63. The Morgan fingerprint density at radius 3 is 1.79 bits per heavy atom. The maximum atomic E-state index is 12.3. The zero-order chi connectivity index (χ0) is 13.0. The summed E-state index contributed by atoms with van der Waals surface area (Å²) in [5.74, 6) is 0.457. The average Bonchev–Trinajstić information content (AvgIpc) is 3.27. The minimum atomic E-state index is -0.924. The van der Waals surface area contributed by atoms with Crippen LogP contribution < -0.4 is 0 Å². The van der Waals surface area contributed by atoms with Crippen LogP contribution in [0.25, 0.3) is 0 Å². The number of esters is 2. The Labute approximate surface area is 119 Å². The first kappa shape index (κ1) is 12.1. The zero-order valence-corrected chi connectivity index (χ0v) is 12.0. The van der Waals surface area contributed by atoms with Crippen molar-refractivity contribution >= 4 is 35.5 Å². The fourth-order valence-corrected chi connectivity index (χ4v) is 5.25. The summed E-state index contributed by atoms with van der Waals surface area (Å²) in [7, 11) is 0. The third-order valence-electron chi connectivity index (χ3n) is 3.96. The molecule has 0 amide bonds. The van der Waals surface area contributed by atoms with Crippen LogP contribution in [0.5, 0.6) is 0 Å². The molecule has 0 aromatic carbocycles. The molecule has 102 valence electrons. The standard InChI is InChI=1S/C13H14O4S2/c14-10-9(12-18-5-6-19-12)11(15)17-13(16-10,7-1-2-7)8-3-4-8/h7-8H,1-6H2. The van der Waals surface area contributed by atoms with Gasteiger partial charge in [0.1, 0.15) is 0 Å². The Bertz CT molecular complexity index is 449. The summed E-state index contributed by atoms with van der Waals surface area (Å²) < 4.78 is 12.1. The highest BCUT2D eigenvalue weighted by Crippen LogP contribution is 2.57. The highest BCUT2D eigenvalue weighted by atomic mass is 32.2. The van der Waals surface area contributed by atoms with Crippen molar-refractivity contribution < 1.29 is 19.1 Å². The van der Waals surface area contributed by atoms with Crippen LogP contribution in [0.1, 0.15) is 25.7 Å². The Morgan fingerprint density at radius 1 is 0.895 bits per heavy atom.